The van der Waals surface area contributed by atoms with Crippen LogP contribution in [0.1, 0.15) is 11.1 Å². The highest BCUT2D eigenvalue weighted by molar-refractivity contribution is 8.18. The van der Waals surface area contributed by atoms with Crippen LogP contribution in [-0.4, -0.2) is 23.1 Å². The van der Waals surface area contributed by atoms with Crippen molar-refractivity contribution in [1.29, 1.82) is 0 Å². The van der Waals surface area contributed by atoms with E-state index in [9.17, 15) is 14.9 Å². The van der Waals surface area contributed by atoms with Crippen LogP contribution in [0.5, 0.6) is 11.5 Å². The summed E-state index contributed by atoms with van der Waals surface area (Å²) in [4.78, 5) is 27.8. The first-order valence-electron chi connectivity index (χ1n) is 10.0. The number of nitro groups is 1. The highest BCUT2D eigenvalue weighted by Gasteiger charge is 2.24. The minimum absolute atomic E-state index is 0.0195. The van der Waals surface area contributed by atoms with Crippen molar-refractivity contribution in [1.82, 2.24) is 5.32 Å². The van der Waals surface area contributed by atoms with Gasteiger partial charge in [-0.15, -0.1) is 0 Å². The number of hydrogen-bond donors (Lipinski definition) is 1. The van der Waals surface area contributed by atoms with E-state index in [1.54, 1.807) is 42.5 Å². The van der Waals surface area contributed by atoms with Gasteiger partial charge < -0.3 is 14.8 Å². The molecule has 1 amide bonds. The van der Waals surface area contributed by atoms with Gasteiger partial charge in [-0.3, -0.25) is 14.9 Å². The summed E-state index contributed by atoms with van der Waals surface area (Å²) in [5.74, 6) is 0.827. The second-order valence-electron chi connectivity index (χ2n) is 7.05. The fraction of sp³-hybridized carbons (Fsp3) is 0.0833. The van der Waals surface area contributed by atoms with Crippen LogP contribution in [0, 0.1) is 10.1 Å². The number of nitrogens with one attached hydrogen (secondary N) is 1. The lowest BCUT2D eigenvalue weighted by Gasteiger charge is -2.09. The maximum atomic E-state index is 12.5. The monoisotopic (exact) mass is 495 g/mol. The summed E-state index contributed by atoms with van der Waals surface area (Å²) >= 11 is 7.26. The molecule has 1 heterocycles. The lowest BCUT2D eigenvalue weighted by Crippen LogP contribution is -2.19. The summed E-state index contributed by atoms with van der Waals surface area (Å²) in [7, 11) is 1.53. The second kappa shape index (κ2) is 10.4. The molecule has 0 aromatic heterocycles. The molecule has 0 bridgehead atoms. The number of amidine groups is 1. The normalized spacial score (nSPS) is 15.4. The Balaban J connectivity index is 1.52. The Morgan fingerprint density at radius 1 is 1.12 bits per heavy atom. The minimum Gasteiger partial charge on any atom is -0.494 e. The summed E-state index contributed by atoms with van der Waals surface area (Å²) < 4.78 is 11.2. The lowest BCUT2D eigenvalue weighted by atomic mass is 10.1. The number of halogens is 1. The molecule has 1 aliphatic rings. The number of thioether (sulfide) groups is 1. The number of carbonyl (C=O) groups excluding carboxylic acids is 1. The molecule has 0 aliphatic carbocycles. The van der Waals surface area contributed by atoms with Crippen molar-refractivity contribution in [2.75, 3.05) is 7.11 Å². The highest BCUT2D eigenvalue weighted by atomic mass is 35.5. The van der Waals surface area contributed by atoms with Crippen LogP contribution in [0.15, 0.2) is 76.6 Å². The van der Waals surface area contributed by atoms with Gasteiger partial charge in [0.05, 0.1) is 16.9 Å². The number of rotatable bonds is 7. The second-order valence-corrected chi connectivity index (χ2v) is 8.52. The number of benzene rings is 3. The average molecular weight is 496 g/mol. The van der Waals surface area contributed by atoms with E-state index in [0.717, 1.165) is 5.56 Å². The number of hydrogen-bond acceptors (Lipinski definition) is 7. The van der Waals surface area contributed by atoms with Crippen LogP contribution < -0.4 is 14.8 Å². The number of aliphatic imine (C=N–C) groups is 1. The molecule has 34 heavy (non-hydrogen) atoms. The number of methoxy groups -OCH3 is 1. The van der Waals surface area contributed by atoms with Gasteiger partial charge in [0.2, 0.25) is 0 Å². The van der Waals surface area contributed by atoms with E-state index in [2.05, 4.69) is 10.3 Å². The SMILES string of the molecule is COc1ccc(Cl)cc1N=C1NC(=O)/C(=C/c2ccccc2OCc2ccc([N+](=O)[O-])cc2)S1. The molecule has 172 valence electrons. The van der Waals surface area contributed by atoms with E-state index in [1.165, 1.54) is 31.0 Å². The predicted molar refractivity (Wildman–Crippen MR) is 133 cm³/mol. The number of nitro benzene ring substituents is 1. The molecule has 0 spiro atoms. The zero-order valence-corrected chi connectivity index (χ0v) is 19.4. The first-order valence-corrected chi connectivity index (χ1v) is 11.2. The Kier molecular flexibility index (Phi) is 7.15. The van der Waals surface area contributed by atoms with E-state index < -0.39 is 4.92 Å². The Hall–Kier alpha value is -3.82. The average Bonchev–Trinajstić information content (AvgIpc) is 3.17. The molecule has 4 rings (SSSR count). The third kappa shape index (κ3) is 5.56. The molecule has 3 aromatic rings. The van der Waals surface area contributed by atoms with E-state index >= 15 is 0 Å². The molecular formula is C24H18ClN3O5S. The van der Waals surface area contributed by atoms with Crippen LogP contribution >= 0.6 is 23.4 Å². The minimum atomic E-state index is -0.448. The van der Waals surface area contributed by atoms with Crippen molar-refractivity contribution < 1.29 is 19.2 Å². The summed E-state index contributed by atoms with van der Waals surface area (Å²) in [5.41, 5.74) is 2.02. The van der Waals surface area contributed by atoms with Crippen molar-refractivity contribution in [3.8, 4) is 11.5 Å². The Morgan fingerprint density at radius 2 is 1.88 bits per heavy atom. The Morgan fingerprint density at radius 3 is 2.62 bits per heavy atom. The molecule has 0 saturated carbocycles. The van der Waals surface area contributed by atoms with Crippen LogP contribution in [0.3, 0.4) is 0 Å². The van der Waals surface area contributed by atoms with Gasteiger partial charge in [-0.05, 0) is 59.8 Å². The summed E-state index contributed by atoms with van der Waals surface area (Å²) in [5, 5.41) is 14.5. The zero-order valence-electron chi connectivity index (χ0n) is 17.9. The van der Waals surface area contributed by atoms with Gasteiger partial charge in [0.15, 0.2) is 5.17 Å². The standard InChI is InChI=1S/C24H18ClN3O5S/c1-32-21-11-8-17(25)13-19(21)26-24-27-23(29)22(34-24)12-16-4-2-3-5-20(16)33-14-15-6-9-18(10-7-15)28(30)31/h2-13H,14H2,1H3,(H,26,27,29)/b22-12-. The van der Waals surface area contributed by atoms with Crippen molar-refractivity contribution in [3.63, 3.8) is 0 Å². The van der Waals surface area contributed by atoms with E-state index in [0.29, 0.717) is 37.8 Å². The van der Waals surface area contributed by atoms with Gasteiger partial charge in [0.25, 0.3) is 11.6 Å². The third-order valence-electron chi connectivity index (χ3n) is 4.76. The van der Waals surface area contributed by atoms with E-state index in [1.807, 2.05) is 18.2 Å². The van der Waals surface area contributed by atoms with Crippen LogP contribution in [-0.2, 0) is 11.4 Å². The van der Waals surface area contributed by atoms with Crippen molar-refractivity contribution >= 4 is 51.9 Å². The molecule has 3 aromatic carbocycles. The van der Waals surface area contributed by atoms with E-state index in [4.69, 9.17) is 21.1 Å². The molecule has 0 atom stereocenters. The molecule has 0 radical (unpaired) electrons. The molecule has 1 fully saturated rings. The Labute approximate surface area is 204 Å². The number of ether oxygens (including phenoxy) is 2. The van der Waals surface area contributed by atoms with Gasteiger partial charge in [-0.25, -0.2) is 4.99 Å². The summed E-state index contributed by atoms with van der Waals surface area (Å²) in [6.07, 6.45) is 1.73. The molecule has 1 aliphatic heterocycles. The summed E-state index contributed by atoms with van der Waals surface area (Å²) in [6.45, 7) is 0.221. The smallest absolute Gasteiger partial charge is 0.269 e. The molecule has 0 unspecified atom stereocenters. The van der Waals surface area contributed by atoms with Gasteiger partial charge in [-0.1, -0.05) is 29.8 Å². The maximum absolute atomic E-state index is 12.5. The van der Waals surface area contributed by atoms with Gasteiger partial charge in [-0.2, -0.15) is 0 Å². The third-order valence-corrected chi connectivity index (χ3v) is 5.91. The van der Waals surface area contributed by atoms with Crippen LogP contribution in [0.4, 0.5) is 11.4 Å². The first-order chi connectivity index (χ1) is 16.4. The number of carbonyl (C=O) groups is 1. The molecule has 10 heteroatoms. The largest absolute Gasteiger partial charge is 0.494 e. The number of amides is 1. The van der Waals surface area contributed by atoms with Crippen molar-refractivity contribution in [3.05, 3.63) is 97.9 Å². The zero-order chi connectivity index (χ0) is 24.1. The molecule has 1 N–H and O–H groups in total. The maximum Gasteiger partial charge on any atom is 0.269 e. The fourth-order valence-electron chi connectivity index (χ4n) is 3.09. The molecule has 1 saturated heterocycles. The molecular weight excluding hydrogens is 478 g/mol. The number of para-hydroxylation sites is 1. The van der Waals surface area contributed by atoms with E-state index in [-0.39, 0.29) is 18.2 Å². The quantitative estimate of drug-likeness (QED) is 0.255. The Bertz CT molecular complexity index is 1310. The van der Waals surface area contributed by atoms with Crippen LogP contribution in [0.25, 0.3) is 6.08 Å². The van der Waals surface area contributed by atoms with Gasteiger partial charge in [0.1, 0.15) is 23.8 Å². The van der Waals surface area contributed by atoms with Crippen molar-refractivity contribution in [2.45, 2.75) is 6.61 Å². The number of nitrogens with zero attached hydrogens (tertiary/aromatic N) is 2. The van der Waals surface area contributed by atoms with Crippen LogP contribution in [0.2, 0.25) is 5.02 Å². The fourth-order valence-corrected chi connectivity index (χ4v) is 4.08. The highest BCUT2D eigenvalue weighted by Crippen LogP contribution is 2.35. The topological polar surface area (TPSA) is 103 Å². The lowest BCUT2D eigenvalue weighted by molar-refractivity contribution is -0.384. The van der Waals surface area contributed by atoms with Gasteiger partial charge in [0, 0.05) is 22.7 Å². The first kappa shape index (κ1) is 23.3. The predicted octanol–water partition coefficient (Wildman–Crippen LogP) is 5.73. The van der Waals surface area contributed by atoms with Gasteiger partial charge >= 0.3 is 0 Å². The number of non-ortho nitro benzene ring substituents is 1. The summed E-state index contributed by atoms with van der Waals surface area (Å²) in [6, 6.07) is 18.5. The molecule has 8 nitrogen and oxygen atoms in total. The van der Waals surface area contributed by atoms with Crippen molar-refractivity contribution in [2.24, 2.45) is 4.99 Å².